The van der Waals surface area contributed by atoms with E-state index >= 15 is 0 Å². The number of nitrogens with one attached hydrogen (secondary N) is 1. The minimum Gasteiger partial charge on any atom is -0.334 e. The molecule has 33 heavy (non-hydrogen) atoms. The Balaban J connectivity index is 1.60. The molecule has 1 saturated heterocycles. The van der Waals surface area contributed by atoms with Crippen LogP contribution in [0.3, 0.4) is 0 Å². The fourth-order valence-corrected chi connectivity index (χ4v) is 5.02. The van der Waals surface area contributed by atoms with Gasteiger partial charge in [-0.3, -0.25) is 14.3 Å². The zero-order valence-electron chi connectivity index (χ0n) is 18.4. The molecule has 1 aromatic heterocycles. The van der Waals surface area contributed by atoms with Gasteiger partial charge >= 0.3 is 11.8 Å². The maximum atomic E-state index is 13.1. The Kier molecular flexibility index (Phi) is 6.28. The molecule has 0 radical (unpaired) electrons. The van der Waals surface area contributed by atoms with E-state index < -0.39 is 10.0 Å². The van der Waals surface area contributed by atoms with Gasteiger partial charge < -0.3 is 9.42 Å². The summed E-state index contributed by atoms with van der Waals surface area (Å²) in [5.74, 6) is -0.469. The minimum atomic E-state index is -3.97. The van der Waals surface area contributed by atoms with Crippen molar-refractivity contribution in [3.63, 3.8) is 0 Å². The molecule has 1 aliphatic rings. The van der Waals surface area contributed by atoms with Gasteiger partial charge in [-0.05, 0) is 56.9 Å². The maximum absolute atomic E-state index is 13.1. The smallest absolute Gasteiger partial charge is 0.316 e. The van der Waals surface area contributed by atoms with E-state index in [4.69, 9.17) is 4.52 Å². The number of piperidine rings is 1. The molecule has 1 amide bonds. The van der Waals surface area contributed by atoms with Crippen LogP contribution < -0.4 is 4.72 Å². The summed E-state index contributed by atoms with van der Waals surface area (Å²) in [6, 6.07) is 11.0. The van der Waals surface area contributed by atoms with E-state index in [2.05, 4.69) is 14.9 Å². The highest BCUT2D eigenvalue weighted by Gasteiger charge is 2.25. The van der Waals surface area contributed by atoms with Gasteiger partial charge in [0, 0.05) is 29.9 Å². The average Bonchev–Trinajstić information content (AvgIpc) is 3.29. The highest BCUT2D eigenvalue weighted by molar-refractivity contribution is 7.92. The van der Waals surface area contributed by atoms with Crippen LogP contribution in [-0.2, 0) is 10.0 Å². The van der Waals surface area contributed by atoms with Crippen molar-refractivity contribution in [2.75, 3.05) is 17.8 Å². The second-order valence-corrected chi connectivity index (χ2v) is 9.65. The van der Waals surface area contributed by atoms with E-state index in [-0.39, 0.29) is 34.0 Å². The zero-order valence-corrected chi connectivity index (χ0v) is 19.2. The molecule has 2 aromatic carbocycles. The molecule has 3 aromatic rings. The van der Waals surface area contributed by atoms with E-state index in [1.165, 1.54) is 19.1 Å². The highest BCUT2D eigenvalue weighted by Crippen LogP contribution is 2.26. The van der Waals surface area contributed by atoms with Gasteiger partial charge in [0.2, 0.25) is 5.82 Å². The standard InChI is InChI=1S/C23H24N4O5S/c1-15-9-10-18(21-24-22(32-25-21)23(29)27-11-4-3-5-12-27)14-20(15)33(30,31)26-19-8-6-7-17(13-19)16(2)28/h6-10,13-14,26H,3-5,11-12H2,1-2H3. The number of carbonyl (C=O) groups is 2. The number of aryl methyl sites for hydroxylation is 1. The third kappa shape index (κ3) is 4.95. The molecule has 1 aliphatic heterocycles. The molecule has 172 valence electrons. The normalized spacial score (nSPS) is 14.2. The van der Waals surface area contributed by atoms with Crippen molar-refractivity contribution in [1.29, 1.82) is 0 Å². The van der Waals surface area contributed by atoms with Crippen LogP contribution in [-0.4, -0.2) is 48.2 Å². The molecule has 0 saturated carbocycles. The third-order valence-electron chi connectivity index (χ3n) is 5.51. The molecule has 1 fully saturated rings. The van der Waals surface area contributed by atoms with E-state index in [0.29, 0.717) is 29.8 Å². The lowest BCUT2D eigenvalue weighted by Crippen LogP contribution is -2.35. The van der Waals surface area contributed by atoms with Crippen LogP contribution in [0.15, 0.2) is 51.9 Å². The Morgan fingerprint density at radius 1 is 1.06 bits per heavy atom. The number of aromatic nitrogens is 2. The molecular weight excluding hydrogens is 444 g/mol. The molecule has 0 atom stereocenters. The van der Waals surface area contributed by atoms with Crippen molar-refractivity contribution in [2.45, 2.75) is 38.0 Å². The Morgan fingerprint density at radius 2 is 1.82 bits per heavy atom. The molecule has 10 heteroatoms. The second kappa shape index (κ2) is 9.14. The summed E-state index contributed by atoms with van der Waals surface area (Å²) < 4.78 is 33.9. The van der Waals surface area contributed by atoms with Crippen LogP contribution in [0, 0.1) is 6.92 Å². The van der Waals surface area contributed by atoms with Gasteiger partial charge in [-0.15, -0.1) is 0 Å². The van der Waals surface area contributed by atoms with Gasteiger partial charge in [-0.25, -0.2) is 8.42 Å². The highest BCUT2D eigenvalue weighted by atomic mass is 32.2. The number of hydrogen-bond donors (Lipinski definition) is 1. The number of sulfonamides is 1. The number of nitrogens with zero attached hydrogens (tertiary/aromatic N) is 3. The van der Waals surface area contributed by atoms with Crippen LogP contribution in [0.5, 0.6) is 0 Å². The third-order valence-corrected chi connectivity index (χ3v) is 7.03. The molecule has 0 spiro atoms. The first kappa shape index (κ1) is 22.7. The molecule has 0 bridgehead atoms. The number of ketones is 1. The van der Waals surface area contributed by atoms with E-state index in [0.717, 1.165) is 19.3 Å². The van der Waals surface area contributed by atoms with Gasteiger partial charge in [0.1, 0.15) is 0 Å². The Bertz CT molecular complexity index is 1310. The SMILES string of the molecule is CC(=O)c1cccc(NS(=O)(=O)c2cc(-c3noc(C(=O)N4CCCCC4)n3)ccc2C)c1. The number of likely N-dealkylation sites (tertiary alicyclic amines) is 1. The Hall–Kier alpha value is -3.53. The first-order valence-electron chi connectivity index (χ1n) is 10.6. The number of rotatable bonds is 6. The van der Waals surface area contributed by atoms with Crippen molar-refractivity contribution >= 4 is 27.4 Å². The van der Waals surface area contributed by atoms with Crippen LogP contribution >= 0.6 is 0 Å². The molecule has 0 unspecified atom stereocenters. The van der Waals surface area contributed by atoms with E-state index in [1.807, 2.05) is 0 Å². The van der Waals surface area contributed by atoms with Crippen LogP contribution in [0.2, 0.25) is 0 Å². The lowest BCUT2D eigenvalue weighted by atomic mass is 10.1. The first-order valence-corrected chi connectivity index (χ1v) is 12.1. The van der Waals surface area contributed by atoms with Gasteiger partial charge in [0.05, 0.1) is 4.90 Å². The number of benzene rings is 2. The van der Waals surface area contributed by atoms with Crippen LogP contribution in [0.4, 0.5) is 5.69 Å². The van der Waals surface area contributed by atoms with Crippen molar-refractivity contribution in [3.05, 3.63) is 59.5 Å². The average molecular weight is 469 g/mol. The minimum absolute atomic E-state index is 0.0296. The van der Waals surface area contributed by atoms with E-state index in [9.17, 15) is 18.0 Å². The number of anilines is 1. The summed E-state index contributed by atoms with van der Waals surface area (Å²) in [6.45, 7) is 4.39. The number of hydrogen-bond acceptors (Lipinski definition) is 7. The lowest BCUT2D eigenvalue weighted by molar-refractivity contribution is 0.0674. The summed E-state index contributed by atoms with van der Waals surface area (Å²) in [4.78, 5) is 30.1. The monoisotopic (exact) mass is 468 g/mol. The van der Waals surface area contributed by atoms with Gasteiger partial charge in [0.25, 0.3) is 10.0 Å². The summed E-state index contributed by atoms with van der Waals surface area (Å²) in [5, 5.41) is 3.88. The van der Waals surface area contributed by atoms with E-state index in [1.54, 1.807) is 42.2 Å². The Morgan fingerprint density at radius 3 is 2.55 bits per heavy atom. The summed E-state index contributed by atoms with van der Waals surface area (Å²) in [5.41, 5.74) is 1.60. The summed E-state index contributed by atoms with van der Waals surface area (Å²) >= 11 is 0. The van der Waals surface area contributed by atoms with Crippen LogP contribution in [0.1, 0.15) is 52.8 Å². The van der Waals surface area contributed by atoms with Crippen molar-refractivity contribution in [1.82, 2.24) is 15.0 Å². The molecule has 4 rings (SSSR count). The first-order chi connectivity index (χ1) is 15.7. The molecule has 1 N–H and O–H groups in total. The number of Topliss-reactive ketones (excluding diaryl/α,β-unsaturated/α-hetero) is 1. The Labute approximate surface area is 191 Å². The fraction of sp³-hybridized carbons (Fsp3) is 0.304. The topological polar surface area (TPSA) is 122 Å². The van der Waals surface area contributed by atoms with Crippen molar-refractivity contribution < 1.29 is 22.5 Å². The van der Waals surface area contributed by atoms with Crippen molar-refractivity contribution in [2.24, 2.45) is 0 Å². The number of carbonyl (C=O) groups excluding carboxylic acids is 2. The summed E-state index contributed by atoms with van der Waals surface area (Å²) in [6.07, 6.45) is 2.97. The lowest BCUT2D eigenvalue weighted by Gasteiger charge is -2.24. The molecule has 2 heterocycles. The second-order valence-electron chi connectivity index (χ2n) is 8.00. The summed E-state index contributed by atoms with van der Waals surface area (Å²) in [7, 11) is -3.97. The van der Waals surface area contributed by atoms with Crippen molar-refractivity contribution in [3.8, 4) is 11.4 Å². The fourth-order valence-electron chi connectivity index (χ4n) is 3.70. The predicted octanol–water partition coefficient (Wildman–Crippen LogP) is 3.67. The number of amides is 1. The largest absolute Gasteiger partial charge is 0.334 e. The molecule has 0 aliphatic carbocycles. The maximum Gasteiger partial charge on any atom is 0.316 e. The van der Waals surface area contributed by atoms with Crippen LogP contribution in [0.25, 0.3) is 11.4 Å². The molecule has 9 nitrogen and oxygen atoms in total. The van der Waals surface area contributed by atoms with Gasteiger partial charge in [-0.1, -0.05) is 29.4 Å². The molecular formula is C23H24N4O5S. The predicted molar refractivity (Wildman–Crippen MR) is 121 cm³/mol. The van der Waals surface area contributed by atoms with Gasteiger partial charge in [-0.2, -0.15) is 4.98 Å². The van der Waals surface area contributed by atoms with Gasteiger partial charge in [0.15, 0.2) is 5.78 Å². The quantitative estimate of drug-likeness (QED) is 0.548. The zero-order chi connectivity index (χ0) is 23.6.